The Balaban J connectivity index is 2.43. The number of alkyl carbamates (subject to hydrolysis) is 1. The molecule has 0 bridgehead atoms. The maximum absolute atomic E-state index is 11.7. The highest BCUT2D eigenvalue weighted by Gasteiger charge is 2.11. The Bertz CT molecular complexity index is 470. The first-order valence-electron chi connectivity index (χ1n) is 6.78. The molecule has 5 nitrogen and oxygen atoms in total. The van der Waals surface area contributed by atoms with Crippen molar-refractivity contribution in [3.63, 3.8) is 0 Å². The van der Waals surface area contributed by atoms with Crippen molar-refractivity contribution >= 4 is 11.9 Å². The van der Waals surface area contributed by atoms with Gasteiger partial charge in [0.15, 0.2) is 0 Å². The van der Waals surface area contributed by atoms with Crippen molar-refractivity contribution in [3.05, 3.63) is 48.2 Å². The molecule has 0 unspecified atom stereocenters. The van der Waals surface area contributed by atoms with Gasteiger partial charge in [-0.1, -0.05) is 30.3 Å². The highest BCUT2D eigenvalue weighted by molar-refractivity contribution is 5.75. The van der Waals surface area contributed by atoms with E-state index in [1.54, 1.807) is 6.08 Å². The Morgan fingerprint density at radius 2 is 2.00 bits per heavy atom. The highest BCUT2D eigenvalue weighted by Crippen LogP contribution is 2.03. The van der Waals surface area contributed by atoms with E-state index in [-0.39, 0.29) is 18.4 Å². The van der Waals surface area contributed by atoms with Crippen LogP contribution in [0.4, 0.5) is 4.79 Å². The fourth-order valence-electron chi connectivity index (χ4n) is 1.66. The zero-order valence-corrected chi connectivity index (χ0v) is 12.4. The quantitative estimate of drug-likeness (QED) is 0.748. The number of carbonyl (C=O) groups is 2. The molecular formula is C16H21NO4. The van der Waals surface area contributed by atoms with Crippen molar-refractivity contribution in [1.29, 1.82) is 0 Å². The third-order valence-electron chi connectivity index (χ3n) is 2.77. The van der Waals surface area contributed by atoms with E-state index in [0.29, 0.717) is 12.8 Å². The molecule has 0 aromatic heterocycles. The molecule has 114 valence electrons. The minimum atomic E-state index is -0.520. The third-order valence-corrected chi connectivity index (χ3v) is 2.77. The van der Waals surface area contributed by atoms with Gasteiger partial charge in [-0.25, -0.2) is 4.79 Å². The molecule has 0 aliphatic carbocycles. The summed E-state index contributed by atoms with van der Waals surface area (Å²) >= 11 is 0. The first-order chi connectivity index (χ1) is 10.1. The smallest absolute Gasteiger partial charge is 0.407 e. The van der Waals surface area contributed by atoms with E-state index in [2.05, 4.69) is 5.32 Å². The standard InChI is InChI=1S/C16H21NO4/c1-13(18)8-9-15(10-11-20-2)17-16(19)21-12-14-6-4-3-5-7-14/h3-7,10-11,15H,8-9,12H2,1-2H3,(H,17,19)/b11-10+/t15-/m0/s1. The number of Topliss-reactive ketones (excluding diaryl/α,β-unsaturated/α-hetero) is 1. The second-order valence-corrected chi connectivity index (χ2v) is 4.62. The van der Waals surface area contributed by atoms with Gasteiger partial charge in [0.05, 0.1) is 19.4 Å². The topological polar surface area (TPSA) is 64.6 Å². The lowest BCUT2D eigenvalue weighted by molar-refractivity contribution is -0.117. The van der Waals surface area contributed by atoms with Gasteiger partial charge in [-0.2, -0.15) is 0 Å². The Hall–Kier alpha value is -2.30. The molecule has 0 aliphatic heterocycles. The van der Waals surface area contributed by atoms with Gasteiger partial charge >= 0.3 is 6.09 Å². The second-order valence-electron chi connectivity index (χ2n) is 4.62. The average Bonchev–Trinajstić information content (AvgIpc) is 2.49. The first kappa shape index (κ1) is 16.8. The number of amides is 1. The van der Waals surface area contributed by atoms with Crippen LogP contribution in [0, 0.1) is 0 Å². The molecule has 5 heteroatoms. The van der Waals surface area contributed by atoms with Gasteiger partial charge < -0.3 is 19.6 Å². The zero-order valence-electron chi connectivity index (χ0n) is 12.4. The molecule has 0 radical (unpaired) electrons. The van der Waals surface area contributed by atoms with Gasteiger partial charge in [0, 0.05) is 6.42 Å². The molecule has 1 rings (SSSR count). The van der Waals surface area contributed by atoms with Crippen LogP contribution >= 0.6 is 0 Å². The van der Waals surface area contributed by atoms with Gasteiger partial charge in [0.1, 0.15) is 12.4 Å². The number of methoxy groups -OCH3 is 1. The largest absolute Gasteiger partial charge is 0.505 e. The molecule has 0 fully saturated rings. The monoisotopic (exact) mass is 291 g/mol. The van der Waals surface area contributed by atoms with Crippen LogP contribution in [0.5, 0.6) is 0 Å². The molecule has 1 N–H and O–H groups in total. The van der Waals surface area contributed by atoms with Crippen molar-refractivity contribution in [2.24, 2.45) is 0 Å². The van der Waals surface area contributed by atoms with E-state index in [1.807, 2.05) is 30.3 Å². The SMILES string of the molecule is CO/C=C/[C@H](CCC(C)=O)NC(=O)OCc1ccccc1. The summed E-state index contributed by atoms with van der Waals surface area (Å²) in [5.41, 5.74) is 0.917. The minimum Gasteiger partial charge on any atom is -0.505 e. The van der Waals surface area contributed by atoms with Crippen molar-refractivity contribution < 1.29 is 19.1 Å². The Kier molecular flexibility index (Phi) is 7.64. The van der Waals surface area contributed by atoms with Gasteiger partial charge in [-0.3, -0.25) is 0 Å². The number of hydrogen-bond donors (Lipinski definition) is 1. The van der Waals surface area contributed by atoms with Crippen LogP contribution in [-0.2, 0) is 20.9 Å². The summed E-state index contributed by atoms with van der Waals surface area (Å²) in [5, 5.41) is 2.70. The van der Waals surface area contributed by atoms with E-state index >= 15 is 0 Å². The average molecular weight is 291 g/mol. The molecule has 0 spiro atoms. The highest BCUT2D eigenvalue weighted by atomic mass is 16.5. The summed E-state index contributed by atoms with van der Waals surface area (Å²) in [4.78, 5) is 22.8. The summed E-state index contributed by atoms with van der Waals surface area (Å²) in [6.45, 7) is 1.73. The van der Waals surface area contributed by atoms with E-state index in [1.165, 1.54) is 20.3 Å². The number of rotatable bonds is 8. The molecule has 0 heterocycles. The lowest BCUT2D eigenvalue weighted by Crippen LogP contribution is -2.34. The molecular weight excluding hydrogens is 270 g/mol. The van der Waals surface area contributed by atoms with Gasteiger partial charge in [0.2, 0.25) is 0 Å². The minimum absolute atomic E-state index is 0.0743. The van der Waals surface area contributed by atoms with Crippen molar-refractivity contribution in [2.45, 2.75) is 32.4 Å². The molecule has 0 saturated heterocycles. The van der Waals surface area contributed by atoms with Crippen LogP contribution in [0.2, 0.25) is 0 Å². The van der Waals surface area contributed by atoms with E-state index in [9.17, 15) is 9.59 Å². The Morgan fingerprint density at radius 3 is 2.62 bits per heavy atom. The van der Waals surface area contributed by atoms with Crippen LogP contribution in [0.1, 0.15) is 25.3 Å². The molecule has 1 amide bonds. The van der Waals surface area contributed by atoms with E-state index < -0.39 is 6.09 Å². The number of benzene rings is 1. The molecule has 0 aliphatic rings. The second kappa shape index (κ2) is 9.58. The molecule has 0 saturated carbocycles. The molecule has 1 atom stereocenters. The lowest BCUT2D eigenvalue weighted by Gasteiger charge is -2.14. The van der Waals surface area contributed by atoms with Gasteiger partial charge in [0.25, 0.3) is 0 Å². The fourth-order valence-corrected chi connectivity index (χ4v) is 1.66. The molecule has 21 heavy (non-hydrogen) atoms. The summed E-state index contributed by atoms with van der Waals surface area (Å²) < 4.78 is 9.97. The third kappa shape index (κ3) is 7.77. The Labute approximate surface area is 124 Å². The fraction of sp³-hybridized carbons (Fsp3) is 0.375. The predicted molar refractivity (Wildman–Crippen MR) is 79.6 cm³/mol. The van der Waals surface area contributed by atoms with Crippen molar-refractivity contribution in [3.8, 4) is 0 Å². The van der Waals surface area contributed by atoms with Crippen LogP contribution in [0.25, 0.3) is 0 Å². The summed E-state index contributed by atoms with van der Waals surface area (Å²) in [6.07, 6.45) is 3.54. The van der Waals surface area contributed by atoms with Crippen LogP contribution < -0.4 is 5.32 Å². The number of nitrogens with one attached hydrogen (secondary N) is 1. The summed E-state index contributed by atoms with van der Waals surface area (Å²) in [7, 11) is 1.52. The maximum atomic E-state index is 11.7. The van der Waals surface area contributed by atoms with Crippen LogP contribution in [0.15, 0.2) is 42.7 Å². The number of ether oxygens (including phenoxy) is 2. The number of carbonyl (C=O) groups excluding carboxylic acids is 2. The number of hydrogen-bond acceptors (Lipinski definition) is 4. The van der Waals surface area contributed by atoms with Gasteiger partial charge in [-0.05, 0) is 25.0 Å². The summed E-state index contributed by atoms with van der Waals surface area (Å²) in [5.74, 6) is 0.0743. The maximum Gasteiger partial charge on any atom is 0.407 e. The zero-order chi connectivity index (χ0) is 15.5. The van der Waals surface area contributed by atoms with Crippen LogP contribution in [-0.4, -0.2) is 25.0 Å². The van der Waals surface area contributed by atoms with E-state index in [4.69, 9.17) is 9.47 Å². The normalized spacial score (nSPS) is 11.9. The lowest BCUT2D eigenvalue weighted by atomic mass is 10.1. The van der Waals surface area contributed by atoms with Gasteiger partial charge in [-0.15, -0.1) is 0 Å². The van der Waals surface area contributed by atoms with E-state index in [0.717, 1.165) is 5.56 Å². The number of ketones is 1. The molecule has 1 aromatic carbocycles. The first-order valence-corrected chi connectivity index (χ1v) is 6.78. The molecule has 1 aromatic rings. The Morgan fingerprint density at radius 1 is 1.29 bits per heavy atom. The predicted octanol–water partition coefficient (Wildman–Crippen LogP) is 2.81. The van der Waals surface area contributed by atoms with Crippen molar-refractivity contribution in [1.82, 2.24) is 5.32 Å². The van der Waals surface area contributed by atoms with Crippen molar-refractivity contribution in [2.75, 3.05) is 7.11 Å². The summed E-state index contributed by atoms with van der Waals surface area (Å²) in [6, 6.07) is 9.13. The van der Waals surface area contributed by atoms with Crippen LogP contribution in [0.3, 0.4) is 0 Å².